The summed E-state index contributed by atoms with van der Waals surface area (Å²) in [6.07, 6.45) is 6.79. The largest absolute Gasteiger partial charge is 0.370 e. The first-order chi connectivity index (χ1) is 15.1. The monoisotopic (exact) mass is 408 g/mol. The molecule has 0 spiro atoms. The molecular formula is C25H24N6. The van der Waals surface area contributed by atoms with E-state index in [-0.39, 0.29) is 0 Å². The number of nitrogens with one attached hydrogen (secondary N) is 2. The zero-order chi connectivity index (χ0) is 21.2. The number of benzene rings is 2. The van der Waals surface area contributed by atoms with Gasteiger partial charge in [0.2, 0.25) is 0 Å². The van der Waals surface area contributed by atoms with Gasteiger partial charge < -0.3 is 10.3 Å². The summed E-state index contributed by atoms with van der Waals surface area (Å²) in [6.45, 7) is 2.73. The molecule has 154 valence electrons. The van der Waals surface area contributed by atoms with Crippen molar-refractivity contribution in [2.75, 3.05) is 11.9 Å². The van der Waals surface area contributed by atoms with Crippen molar-refractivity contribution in [1.82, 2.24) is 24.7 Å². The Labute approximate surface area is 181 Å². The van der Waals surface area contributed by atoms with Gasteiger partial charge in [0.1, 0.15) is 11.6 Å². The van der Waals surface area contributed by atoms with Crippen LogP contribution in [0, 0.1) is 6.92 Å². The van der Waals surface area contributed by atoms with Gasteiger partial charge in [0.05, 0.1) is 11.9 Å². The highest BCUT2D eigenvalue weighted by Gasteiger charge is 2.07. The first-order valence-corrected chi connectivity index (χ1v) is 10.4. The lowest BCUT2D eigenvalue weighted by Crippen LogP contribution is -2.08. The number of hydrogen-bond acceptors (Lipinski definition) is 4. The third-order valence-corrected chi connectivity index (χ3v) is 5.37. The Morgan fingerprint density at radius 2 is 1.90 bits per heavy atom. The highest BCUT2D eigenvalue weighted by atomic mass is 15.2. The van der Waals surface area contributed by atoms with Gasteiger partial charge in [0.15, 0.2) is 0 Å². The van der Waals surface area contributed by atoms with Crippen LogP contribution >= 0.6 is 0 Å². The van der Waals surface area contributed by atoms with Gasteiger partial charge in [-0.3, -0.25) is 4.68 Å². The topological polar surface area (TPSA) is 71.4 Å². The maximum absolute atomic E-state index is 4.64. The number of aromatic amines is 1. The second-order valence-electron chi connectivity index (χ2n) is 7.75. The summed E-state index contributed by atoms with van der Waals surface area (Å²) < 4.78 is 1.83. The van der Waals surface area contributed by atoms with E-state index in [1.807, 2.05) is 43.3 Å². The second kappa shape index (κ2) is 8.07. The zero-order valence-corrected chi connectivity index (χ0v) is 17.6. The van der Waals surface area contributed by atoms with E-state index in [2.05, 4.69) is 73.9 Å². The average molecular weight is 409 g/mol. The molecule has 6 heteroatoms. The molecule has 0 amide bonds. The van der Waals surface area contributed by atoms with Crippen molar-refractivity contribution in [2.24, 2.45) is 7.05 Å². The van der Waals surface area contributed by atoms with E-state index in [1.165, 1.54) is 16.5 Å². The van der Waals surface area contributed by atoms with E-state index >= 15 is 0 Å². The highest BCUT2D eigenvalue weighted by molar-refractivity contribution is 5.84. The van der Waals surface area contributed by atoms with Crippen LogP contribution in [0.5, 0.6) is 0 Å². The smallest absolute Gasteiger partial charge is 0.130 e. The van der Waals surface area contributed by atoms with E-state index < -0.39 is 0 Å². The lowest BCUT2D eigenvalue weighted by Gasteiger charge is -2.10. The molecule has 0 atom stereocenters. The zero-order valence-electron chi connectivity index (χ0n) is 17.6. The molecule has 5 rings (SSSR count). The number of nitrogens with zero attached hydrogens (tertiary/aromatic N) is 4. The van der Waals surface area contributed by atoms with E-state index in [0.29, 0.717) is 0 Å². The van der Waals surface area contributed by atoms with E-state index in [9.17, 15) is 0 Å². The molecule has 5 aromatic rings. The molecule has 3 heterocycles. The summed E-state index contributed by atoms with van der Waals surface area (Å²) in [6, 6.07) is 19.0. The minimum absolute atomic E-state index is 0.757. The SMILES string of the molecule is Cc1nc(NCCc2cccc(-c3cnn(C)c3)c2)cc(-c2ccc3[nH]ccc3c2)n1. The molecule has 6 nitrogen and oxygen atoms in total. The lowest BCUT2D eigenvalue weighted by molar-refractivity contribution is 0.768. The van der Waals surface area contributed by atoms with Crippen molar-refractivity contribution in [3.63, 3.8) is 0 Å². The molecule has 0 fully saturated rings. The molecule has 2 aromatic carbocycles. The predicted molar refractivity (Wildman–Crippen MR) is 125 cm³/mol. The van der Waals surface area contributed by atoms with Crippen molar-refractivity contribution in [2.45, 2.75) is 13.3 Å². The number of aromatic nitrogens is 5. The molecule has 0 saturated carbocycles. The van der Waals surface area contributed by atoms with Crippen LogP contribution in [0.3, 0.4) is 0 Å². The van der Waals surface area contributed by atoms with Gasteiger partial charge in [-0.1, -0.05) is 30.3 Å². The Bertz CT molecular complexity index is 1350. The third-order valence-electron chi connectivity index (χ3n) is 5.37. The Kier molecular flexibility index (Phi) is 4.96. The number of rotatable bonds is 6. The van der Waals surface area contributed by atoms with Crippen LogP contribution in [0.4, 0.5) is 5.82 Å². The van der Waals surface area contributed by atoms with Crippen molar-refractivity contribution in [1.29, 1.82) is 0 Å². The van der Waals surface area contributed by atoms with E-state index in [0.717, 1.165) is 46.9 Å². The van der Waals surface area contributed by atoms with Gasteiger partial charge in [-0.05, 0) is 42.7 Å². The molecule has 31 heavy (non-hydrogen) atoms. The first-order valence-electron chi connectivity index (χ1n) is 10.4. The maximum atomic E-state index is 4.64. The van der Waals surface area contributed by atoms with Crippen LogP contribution in [0.2, 0.25) is 0 Å². The normalized spacial score (nSPS) is 11.2. The van der Waals surface area contributed by atoms with Crippen LogP contribution in [-0.4, -0.2) is 31.3 Å². The van der Waals surface area contributed by atoms with Gasteiger partial charge in [-0.2, -0.15) is 5.10 Å². The van der Waals surface area contributed by atoms with E-state index in [1.54, 1.807) is 0 Å². The molecule has 0 aliphatic carbocycles. The van der Waals surface area contributed by atoms with Crippen LogP contribution in [-0.2, 0) is 13.5 Å². The lowest BCUT2D eigenvalue weighted by atomic mass is 10.0. The second-order valence-corrected chi connectivity index (χ2v) is 7.75. The fraction of sp³-hybridized carbons (Fsp3) is 0.160. The predicted octanol–water partition coefficient (Wildman–Crippen LogP) is 4.99. The molecule has 0 bridgehead atoms. The number of H-pyrrole nitrogens is 1. The quantitative estimate of drug-likeness (QED) is 0.415. The van der Waals surface area contributed by atoms with Crippen LogP contribution in [0.1, 0.15) is 11.4 Å². The molecule has 3 aromatic heterocycles. The summed E-state index contributed by atoms with van der Waals surface area (Å²) in [4.78, 5) is 12.4. The molecule has 0 unspecified atom stereocenters. The minimum Gasteiger partial charge on any atom is -0.370 e. The average Bonchev–Trinajstić information content (AvgIpc) is 3.42. The Balaban J connectivity index is 1.30. The number of anilines is 1. The molecule has 2 N–H and O–H groups in total. The van der Waals surface area contributed by atoms with Gasteiger partial charge in [0.25, 0.3) is 0 Å². The fourth-order valence-electron chi connectivity index (χ4n) is 3.83. The van der Waals surface area contributed by atoms with Gasteiger partial charge >= 0.3 is 0 Å². The molecule has 0 aliphatic rings. The summed E-state index contributed by atoms with van der Waals surface area (Å²) in [5.41, 5.74) is 6.74. The van der Waals surface area contributed by atoms with Gasteiger partial charge in [0, 0.05) is 54.1 Å². The number of aryl methyl sites for hydroxylation is 2. The first kappa shape index (κ1) is 19.1. The van der Waals surface area contributed by atoms with Crippen molar-refractivity contribution < 1.29 is 0 Å². The molecule has 0 radical (unpaired) electrons. The van der Waals surface area contributed by atoms with Crippen LogP contribution in [0.25, 0.3) is 33.3 Å². The van der Waals surface area contributed by atoms with Crippen molar-refractivity contribution in [3.8, 4) is 22.4 Å². The van der Waals surface area contributed by atoms with Gasteiger partial charge in [-0.25, -0.2) is 9.97 Å². The van der Waals surface area contributed by atoms with Gasteiger partial charge in [-0.15, -0.1) is 0 Å². The molecule has 0 saturated heterocycles. The molecule has 0 aliphatic heterocycles. The van der Waals surface area contributed by atoms with Crippen molar-refractivity contribution in [3.05, 3.63) is 84.6 Å². The summed E-state index contributed by atoms with van der Waals surface area (Å²) >= 11 is 0. The standard InChI is InChI=1S/C25H24N6/c1-17-29-24(20-6-7-23-21(13-20)9-11-26-23)14-25(30-17)27-10-8-18-4-3-5-19(12-18)22-15-28-31(2)16-22/h3-7,9,11-16,26H,8,10H2,1-2H3,(H,27,29,30). The fourth-order valence-corrected chi connectivity index (χ4v) is 3.83. The van der Waals surface area contributed by atoms with Crippen LogP contribution in [0.15, 0.2) is 73.2 Å². The Morgan fingerprint density at radius 1 is 0.968 bits per heavy atom. The molecular weight excluding hydrogens is 384 g/mol. The highest BCUT2D eigenvalue weighted by Crippen LogP contribution is 2.24. The maximum Gasteiger partial charge on any atom is 0.130 e. The number of hydrogen-bond donors (Lipinski definition) is 2. The summed E-state index contributed by atoms with van der Waals surface area (Å²) in [5, 5.41) is 8.91. The summed E-state index contributed by atoms with van der Waals surface area (Å²) in [5.74, 6) is 1.60. The minimum atomic E-state index is 0.757. The van der Waals surface area contributed by atoms with Crippen molar-refractivity contribution >= 4 is 16.7 Å². The Morgan fingerprint density at radius 3 is 2.77 bits per heavy atom. The summed E-state index contributed by atoms with van der Waals surface area (Å²) in [7, 11) is 1.94. The Hall–Kier alpha value is -3.93. The van der Waals surface area contributed by atoms with E-state index in [4.69, 9.17) is 0 Å². The number of fused-ring (bicyclic) bond motifs is 1. The van der Waals surface area contributed by atoms with Crippen LogP contribution < -0.4 is 5.32 Å². The third kappa shape index (κ3) is 4.19.